The highest BCUT2D eigenvalue weighted by atomic mass is 16.5. The molecule has 1 aromatic carbocycles. The van der Waals surface area contributed by atoms with E-state index in [1.165, 1.54) is 22.1 Å². The van der Waals surface area contributed by atoms with E-state index in [2.05, 4.69) is 34.6 Å². The van der Waals surface area contributed by atoms with Crippen LogP contribution in [0.15, 0.2) is 29.0 Å². The van der Waals surface area contributed by atoms with Crippen molar-refractivity contribution < 1.29 is 9.53 Å². The Bertz CT molecular complexity index is 1040. The number of nitrogens with zero attached hydrogens (tertiary/aromatic N) is 2. The first-order valence-corrected chi connectivity index (χ1v) is 11.1. The number of H-pyrrole nitrogens is 1. The molecule has 0 atom stereocenters. The molecule has 1 amide bonds. The quantitative estimate of drug-likeness (QED) is 0.805. The Kier molecular flexibility index (Phi) is 4.89. The number of ether oxygens (including phenoxy) is 1. The third-order valence-electron chi connectivity index (χ3n) is 7.07. The molecule has 2 N–H and O–H groups in total. The summed E-state index contributed by atoms with van der Waals surface area (Å²) in [7, 11) is 1.69. The van der Waals surface area contributed by atoms with Crippen molar-refractivity contribution in [2.75, 3.05) is 25.2 Å². The lowest BCUT2D eigenvalue weighted by Crippen LogP contribution is -2.39. The van der Waals surface area contributed by atoms with Crippen LogP contribution in [0.4, 0.5) is 5.69 Å². The van der Waals surface area contributed by atoms with Crippen molar-refractivity contribution in [1.82, 2.24) is 10.4 Å². The van der Waals surface area contributed by atoms with Gasteiger partial charge in [-0.25, -0.2) is 0 Å². The third kappa shape index (κ3) is 2.97. The standard InChI is InChI=1S/C24H30N4O2/c1-16-6-5-7-17-18-12-22-19(13-20(18)27-21(17)15-26-25-14-16)24(8-3-4-9-24)23(29)28(22)10-11-30-2/h12-15,25,27H,3-11H2,1-2H3/b16-14+,26-15+. The van der Waals surface area contributed by atoms with Gasteiger partial charge in [0, 0.05) is 36.4 Å². The molecule has 1 aromatic heterocycles. The summed E-state index contributed by atoms with van der Waals surface area (Å²) in [6, 6.07) is 4.49. The van der Waals surface area contributed by atoms with Crippen LogP contribution in [0.1, 0.15) is 62.3 Å². The molecule has 1 fully saturated rings. The van der Waals surface area contributed by atoms with Crippen LogP contribution in [0.25, 0.3) is 10.9 Å². The van der Waals surface area contributed by atoms with Crippen LogP contribution >= 0.6 is 0 Å². The first-order valence-electron chi connectivity index (χ1n) is 11.1. The predicted octanol–water partition coefficient (Wildman–Crippen LogP) is 4.14. The van der Waals surface area contributed by atoms with Gasteiger partial charge in [-0.2, -0.15) is 5.10 Å². The van der Waals surface area contributed by atoms with Crippen LogP contribution < -0.4 is 10.3 Å². The molecule has 2 aromatic rings. The number of nitrogens with one attached hydrogen (secondary N) is 2. The van der Waals surface area contributed by atoms with Crippen LogP contribution in [-0.4, -0.2) is 37.4 Å². The first kappa shape index (κ1) is 19.4. The molecule has 1 saturated carbocycles. The fraction of sp³-hybridized carbons (Fsp3) is 0.500. The van der Waals surface area contributed by atoms with E-state index in [-0.39, 0.29) is 11.3 Å². The third-order valence-corrected chi connectivity index (χ3v) is 7.07. The number of hydrogen-bond acceptors (Lipinski definition) is 4. The number of carbonyl (C=O) groups excluding carboxylic acids is 1. The maximum atomic E-state index is 13.5. The van der Waals surface area contributed by atoms with Crippen molar-refractivity contribution in [3.8, 4) is 0 Å². The maximum Gasteiger partial charge on any atom is 0.237 e. The van der Waals surface area contributed by atoms with E-state index in [0.717, 1.165) is 61.8 Å². The van der Waals surface area contributed by atoms with Gasteiger partial charge in [0.15, 0.2) is 0 Å². The van der Waals surface area contributed by atoms with Crippen molar-refractivity contribution in [2.45, 2.75) is 57.3 Å². The predicted molar refractivity (Wildman–Crippen MR) is 120 cm³/mol. The number of aryl methyl sites for hydroxylation is 1. The molecule has 0 saturated heterocycles. The van der Waals surface area contributed by atoms with E-state index in [1.54, 1.807) is 7.11 Å². The van der Waals surface area contributed by atoms with Gasteiger partial charge in [0.05, 0.1) is 23.9 Å². The van der Waals surface area contributed by atoms with Gasteiger partial charge < -0.3 is 14.6 Å². The van der Waals surface area contributed by atoms with Crippen LogP contribution in [0.5, 0.6) is 0 Å². The van der Waals surface area contributed by atoms with Crippen molar-refractivity contribution in [2.24, 2.45) is 5.10 Å². The number of aromatic amines is 1. The molecule has 5 rings (SSSR count). The van der Waals surface area contributed by atoms with Crippen LogP contribution in [0.3, 0.4) is 0 Å². The van der Waals surface area contributed by atoms with Crippen LogP contribution in [0, 0.1) is 0 Å². The number of methoxy groups -OCH3 is 1. The number of fused-ring (bicyclic) bond motifs is 5. The maximum absolute atomic E-state index is 13.5. The smallest absolute Gasteiger partial charge is 0.237 e. The largest absolute Gasteiger partial charge is 0.383 e. The Labute approximate surface area is 177 Å². The lowest BCUT2D eigenvalue weighted by atomic mass is 9.80. The number of aromatic nitrogens is 1. The zero-order chi connectivity index (χ0) is 20.7. The Morgan fingerprint density at radius 1 is 1.20 bits per heavy atom. The van der Waals surface area contributed by atoms with Crippen molar-refractivity contribution in [3.05, 3.63) is 40.7 Å². The molecule has 6 nitrogen and oxygen atoms in total. The Morgan fingerprint density at radius 3 is 2.83 bits per heavy atom. The average molecular weight is 407 g/mol. The summed E-state index contributed by atoms with van der Waals surface area (Å²) >= 11 is 0. The molecule has 0 bridgehead atoms. The van der Waals surface area contributed by atoms with Gasteiger partial charge in [-0.05, 0) is 62.3 Å². The number of carbonyl (C=O) groups is 1. The highest BCUT2D eigenvalue weighted by molar-refractivity contribution is 6.11. The van der Waals surface area contributed by atoms with E-state index in [0.29, 0.717) is 13.2 Å². The van der Waals surface area contributed by atoms with E-state index in [1.807, 2.05) is 17.3 Å². The summed E-state index contributed by atoms with van der Waals surface area (Å²) in [5.41, 5.74) is 9.73. The molecule has 0 radical (unpaired) electrons. The van der Waals surface area contributed by atoms with Crippen molar-refractivity contribution >= 4 is 28.7 Å². The lowest BCUT2D eigenvalue weighted by Gasteiger charge is -2.23. The first-order chi connectivity index (χ1) is 14.6. The Hall–Kier alpha value is -2.60. The zero-order valence-electron chi connectivity index (χ0n) is 17.9. The molecular formula is C24H30N4O2. The summed E-state index contributed by atoms with van der Waals surface area (Å²) in [5, 5.41) is 5.58. The average Bonchev–Trinajstić information content (AvgIpc) is 3.41. The van der Waals surface area contributed by atoms with Gasteiger partial charge in [0.25, 0.3) is 0 Å². The number of anilines is 1. The number of amides is 1. The molecular weight excluding hydrogens is 376 g/mol. The Morgan fingerprint density at radius 2 is 2.03 bits per heavy atom. The molecule has 2 aliphatic heterocycles. The minimum absolute atomic E-state index is 0.266. The van der Waals surface area contributed by atoms with E-state index in [9.17, 15) is 4.79 Å². The lowest BCUT2D eigenvalue weighted by molar-refractivity contribution is -0.123. The summed E-state index contributed by atoms with van der Waals surface area (Å²) in [6.07, 6.45) is 11.1. The van der Waals surface area contributed by atoms with E-state index in [4.69, 9.17) is 4.74 Å². The van der Waals surface area contributed by atoms with Gasteiger partial charge in [-0.15, -0.1) is 0 Å². The van der Waals surface area contributed by atoms with Crippen molar-refractivity contribution in [1.29, 1.82) is 0 Å². The molecule has 158 valence electrons. The number of rotatable bonds is 3. The monoisotopic (exact) mass is 406 g/mol. The van der Waals surface area contributed by atoms with Crippen molar-refractivity contribution in [3.63, 3.8) is 0 Å². The summed E-state index contributed by atoms with van der Waals surface area (Å²) < 4.78 is 5.32. The van der Waals surface area contributed by atoms with E-state index < -0.39 is 0 Å². The molecule has 3 aliphatic rings. The van der Waals surface area contributed by atoms with Gasteiger partial charge in [-0.3, -0.25) is 10.2 Å². The fourth-order valence-electron chi connectivity index (χ4n) is 5.51. The summed E-state index contributed by atoms with van der Waals surface area (Å²) in [6.45, 7) is 3.29. The molecule has 6 heteroatoms. The number of hydrogen-bond donors (Lipinski definition) is 2. The SMILES string of the molecule is COCCN1C(=O)C2(CCCC2)c2cc3[nH]c4c(c3cc21)CCC/C(C)=C/N/N=C/4. The molecule has 1 spiro atoms. The second-order valence-corrected chi connectivity index (χ2v) is 8.90. The Balaban J connectivity index is 1.64. The minimum atomic E-state index is -0.345. The number of hydrazone groups is 1. The fourth-order valence-corrected chi connectivity index (χ4v) is 5.51. The molecule has 3 heterocycles. The number of allylic oxidation sites excluding steroid dienone is 1. The normalized spacial score (nSPS) is 23.2. The number of benzene rings is 1. The second kappa shape index (κ2) is 7.58. The van der Waals surface area contributed by atoms with Gasteiger partial charge in [0.1, 0.15) is 0 Å². The molecule has 1 aliphatic carbocycles. The van der Waals surface area contributed by atoms with Gasteiger partial charge in [0.2, 0.25) is 5.91 Å². The highest BCUT2D eigenvalue weighted by Crippen LogP contribution is 2.52. The molecule has 30 heavy (non-hydrogen) atoms. The second-order valence-electron chi connectivity index (χ2n) is 8.90. The van der Waals surface area contributed by atoms with Gasteiger partial charge >= 0.3 is 0 Å². The summed E-state index contributed by atoms with van der Waals surface area (Å²) in [5.74, 6) is 0.266. The summed E-state index contributed by atoms with van der Waals surface area (Å²) in [4.78, 5) is 19.1. The van der Waals surface area contributed by atoms with Crippen LogP contribution in [0.2, 0.25) is 0 Å². The highest BCUT2D eigenvalue weighted by Gasteiger charge is 2.52. The minimum Gasteiger partial charge on any atom is -0.383 e. The van der Waals surface area contributed by atoms with Crippen LogP contribution in [-0.2, 0) is 21.4 Å². The van der Waals surface area contributed by atoms with Gasteiger partial charge in [-0.1, -0.05) is 18.4 Å². The zero-order valence-corrected chi connectivity index (χ0v) is 17.9. The topological polar surface area (TPSA) is 69.7 Å². The van der Waals surface area contributed by atoms with E-state index >= 15 is 0 Å². The molecule has 0 unspecified atom stereocenters.